The van der Waals surface area contributed by atoms with Crippen molar-refractivity contribution in [1.29, 1.82) is 0 Å². The monoisotopic (exact) mass is 289 g/mol. The number of benzene rings is 2. The predicted octanol–water partition coefficient (Wildman–Crippen LogP) is 4.22. The summed E-state index contributed by atoms with van der Waals surface area (Å²) in [5, 5.41) is 3.50. The van der Waals surface area contributed by atoms with Gasteiger partial charge in [0, 0.05) is 16.3 Å². The van der Waals surface area contributed by atoms with Crippen molar-refractivity contribution in [3.05, 3.63) is 58.1 Å². The number of anilines is 1. The number of nitrogens with one attached hydrogen (secondary N) is 1. The van der Waals surface area contributed by atoms with Crippen LogP contribution in [0, 0.1) is 13.8 Å². The molecule has 104 valence electrons. The van der Waals surface area contributed by atoms with E-state index < -0.39 is 0 Å². The Morgan fingerprint density at radius 1 is 1.20 bits per heavy atom. The molecule has 0 saturated carbocycles. The predicted molar refractivity (Wildman–Crippen MR) is 81.9 cm³/mol. The zero-order valence-corrected chi connectivity index (χ0v) is 12.4. The van der Waals surface area contributed by atoms with Crippen molar-refractivity contribution in [2.75, 3.05) is 12.4 Å². The van der Waals surface area contributed by atoms with Gasteiger partial charge in [-0.05, 0) is 55.3 Å². The Balaban J connectivity index is 2.24. The number of aryl methyl sites for hydroxylation is 1. The molecule has 3 nitrogen and oxygen atoms in total. The van der Waals surface area contributed by atoms with E-state index in [1.165, 1.54) is 0 Å². The lowest BCUT2D eigenvalue weighted by molar-refractivity contribution is 0.102. The highest BCUT2D eigenvalue weighted by molar-refractivity contribution is 6.31. The second-order valence-corrected chi connectivity index (χ2v) is 4.96. The summed E-state index contributed by atoms with van der Waals surface area (Å²) in [5.41, 5.74) is 3.08. The van der Waals surface area contributed by atoms with Gasteiger partial charge >= 0.3 is 0 Å². The fraction of sp³-hybridized carbons (Fsp3) is 0.188. The van der Waals surface area contributed by atoms with Gasteiger partial charge in [-0.3, -0.25) is 4.79 Å². The highest BCUT2D eigenvalue weighted by Crippen LogP contribution is 2.24. The second kappa shape index (κ2) is 5.97. The summed E-state index contributed by atoms with van der Waals surface area (Å²) in [6.07, 6.45) is 0. The molecule has 2 rings (SSSR count). The average molecular weight is 290 g/mol. The van der Waals surface area contributed by atoms with Crippen LogP contribution in [0.5, 0.6) is 5.75 Å². The van der Waals surface area contributed by atoms with Crippen LogP contribution in [0.25, 0.3) is 0 Å². The molecule has 0 radical (unpaired) electrons. The number of hydrogen-bond acceptors (Lipinski definition) is 2. The quantitative estimate of drug-likeness (QED) is 0.919. The molecule has 1 amide bonds. The number of rotatable bonds is 3. The summed E-state index contributed by atoms with van der Waals surface area (Å²) < 4.78 is 5.18. The lowest BCUT2D eigenvalue weighted by Crippen LogP contribution is -2.13. The molecule has 0 fully saturated rings. The van der Waals surface area contributed by atoms with Crippen LogP contribution in [-0.2, 0) is 0 Å². The Morgan fingerprint density at radius 2 is 1.95 bits per heavy atom. The van der Waals surface area contributed by atoms with Gasteiger partial charge in [0.15, 0.2) is 0 Å². The Bertz CT molecular complexity index is 653. The number of halogens is 1. The number of ether oxygens (including phenoxy) is 1. The zero-order chi connectivity index (χ0) is 14.7. The maximum absolute atomic E-state index is 12.2. The molecule has 0 spiro atoms. The minimum absolute atomic E-state index is 0.166. The number of hydrogen-bond donors (Lipinski definition) is 1. The van der Waals surface area contributed by atoms with E-state index in [4.69, 9.17) is 16.3 Å². The first-order chi connectivity index (χ1) is 9.52. The van der Waals surface area contributed by atoms with Crippen molar-refractivity contribution in [3.63, 3.8) is 0 Å². The van der Waals surface area contributed by atoms with E-state index in [-0.39, 0.29) is 5.91 Å². The van der Waals surface area contributed by atoms with Crippen LogP contribution in [0.3, 0.4) is 0 Å². The normalized spacial score (nSPS) is 10.2. The molecule has 0 saturated heterocycles. The van der Waals surface area contributed by atoms with Crippen molar-refractivity contribution in [2.45, 2.75) is 13.8 Å². The zero-order valence-electron chi connectivity index (χ0n) is 11.7. The summed E-state index contributed by atoms with van der Waals surface area (Å²) in [5.74, 6) is 0.599. The SMILES string of the molecule is COc1ccc(C(=O)Nc2cccc(Cl)c2C)cc1C. The van der Waals surface area contributed by atoms with Gasteiger partial charge in [-0.15, -0.1) is 0 Å². The molecular formula is C16H16ClNO2. The molecule has 0 bridgehead atoms. The van der Waals surface area contributed by atoms with Gasteiger partial charge in [0.25, 0.3) is 5.91 Å². The molecular weight excluding hydrogens is 274 g/mol. The smallest absolute Gasteiger partial charge is 0.255 e. The van der Waals surface area contributed by atoms with E-state index in [9.17, 15) is 4.79 Å². The summed E-state index contributed by atoms with van der Waals surface area (Å²) in [6.45, 7) is 3.78. The molecule has 0 atom stereocenters. The van der Waals surface area contributed by atoms with Crippen molar-refractivity contribution >= 4 is 23.2 Å². The van der Waals surface area contributed by atoms with Crippen LogP contribution in [-0.4, -0.2) is 13.0 Å². The lowest BCUT2D eigenvalue weighted by atomic mass is 10.1. The largest absolute Gasteiger partial charge is 0.496 e. The standard InChI is InChI=1S/C16H16ClNO2/c1-10-9-12(7-8-15(10)20-3)16(19)18-14-6-4-5-13(17)11(14)2/h4-9H,1-3H3,(H,18,19). The first-order valence-corrected chi connectivity index (χ1v) is 6.62. The molecule has 0 heterocycles. The van der Waals surface area contributed by atoms with E-state index >= 15 is 0 Å². The van der Waals surface area contributed by atoms with E-state index in [1.54, 1.807) is 31.4 Å². The maximum Gasteiger partial charge on any atom is 0.255 e. The molecule has 0 unspecified atom stereocenters. The van der Waals surface area contributed by atoms with E-state index in [0.29, 0.717) is 10.6 Å². The number of methoxy groups -OCH3 is 1. The summed E-state index contributed by atoms with van der Waals surface area (Å²) in [7, 11) is 1.61. The van der Waals surface area contributed by atoms with Crippen LogP contribution >= 0.6 is 11.6 Å². The molecule has 0 aromatic heterocycles. The van der Waals surface area contributed by atoms with Gasteiger partial charge < -0.3 is 10.1 Å². The van der Waals surface area contributed by atoms with Gasteiger partial charge in [-0.2, -0.15) is 0 Å². The molecule has 1 N–H and O–H groups in total. The topological polar surface area (TPSA) is 38.3 Å². The minimum Gasteiger partial charge on any atom is -0.496 e. The molecule has 0 aliphatic carbocycles. The second-order valence-electron chi connectivity index (χ2n) is 4.55. The number of carbonyl (C=O) groups excluding carboxylic acids is 1. The molecule has 2 aromatic rings. The van der Waals surface area contributed by atoms with Gasteiger partial charge in [-0.1, -0.05) is 17.7 Å². The van der Waals surface area contributed by atoms with Gasteiger partial charge in [0.1, 0.15) is 5.75 Å². The van der Waals surface area contributed by atoms with E-state index in [1.807, 2.05) is 26.0 Å². The van der Waals surface area contributed by atoms with Crippen molar-refractivity contribution in [1.82, 2.24) is 0 Å². The van der Waals surface area contributed by atoms with Crippen LogP contribution in [0.4, 0.5) is 5.69 Å². The Hall–Kier alpha value is -2.00. The highest BCUT2D eigenvalue weighted by atomic mass is 35.5. The highest BCUT2D eigenvalue weighted by Gasteiger charge is 2.10. The van der Waals surface area contributed by atoms with E-state index in [2.05, 4.69) is 5.32 Å². The third-order valence-corrected chi connectivity index (χ3v) is 3.58. The minimum atomic E-state index is -0.166. The molecule has 0 aliphatic rings. The number of amides is 1. The first kappa shape index (κ1) is 14.4. The van der Waals surface area contributed by atoms with Crippen LogP contribution < -0.4 is 10.1 Å². The summed E-state index contributed by atoms with van der Waals surface area (Å²) in [4.78, 5) is 12.2. The first-order valence-electron chi connectivity index (χ1n) is 6.24. The Labute approximate surface area is 123 Å². The van der Waals surface area contributed by atoms with E-state index in [0.717, 1.165) is 22.6 Å². The molecule has 4 heteroatoms. The summed E-state index contributed by atoms with van der Waals surface area (Å²) >= 11 is 6.04. The third-order valence-electron chi connectivity index (χ3n) is 3.17. The van der Waals surface area contributed by atoms with Crippen LogP contribution in [0.1, 0.15) is 21.5 Å². The molecule has 2 aromatic carbocycles. The van der Waals surface area contributed by atoms with Gasteiger partial charge in [-0.25, -0.2) is 0 Å². The van der Waals surface area contributed by atoms with Crippen molar-refractivity contribution in [3.8, 4) is 5.75 Å². The maximum atomic E-state index is 12.2. The number of carbonyl (C=O) groups is 1. The van der Waals surface area contributed by atoms with Crippen molar-refractivity contribution in [2.24, 2.45) is 0 Å². The van der Waals surface area contributed by atoms with Gasteiger partial charge in [0.05, 0.1) is 7.11 Å². The average Bonchev–Trinajstić information content (AvgIpc) is 2.43. The van der Waals surface area contributed by atoms with Crippen molar-refractivity contribution < 1.29 is 9.53 Å². The fourth-order valence-corrected chi connectivity index (χ4v) is 2.13. The Morgan fingerprint density at radius 3 is 2.60 bits per heavy atom. The van der Waals surface area contributed by atoms with Gasteiger partial charge in [0.2, 0.25) is 0 Å². The van der Waals surface area contributed by atoms with Crippen LogP contribution in [0.2, 0.25) is 5.02 Å². The third kappa shape index (κ3) is 2.94. The Kier molecular flexibility index (Phi) is 4.30. The summed E-state index contributed by atoms with van der Waals surface area (Å²) in [6, 6.07) is 10.8. The van der Waals surface area contributed by atoms with Crippen LogP contribution in [0.15, 0.2) is 36.4 Å². The molecule has 20 heavy (non-hydrogen) atoms. The lowest BCUT2D eigenvalue weighted by Gasteiger charge is -2.11. The molecule has 0 aliphatic heterocycles. The fourth-order valence-electron chi connectivity index (χ4n) is 1.96.